The molecule has 0 amide bonds. The molecular weight excluding hydrogens is 316 g/mol. The number of benzene rings is 1. The molecule has 0 aliphatic carbocycles. The van der Waals surface area contributed by atoms with Crippen molar-refractivity contribution in [1.82, 2.24) is 18.9 Å². The van der Waals surface area contributed by atoms with Gasteiger partial charge in [0, 0.05) is 31.2 Å². The minimum atomic E-state index is -0.657. The molecule has 6 nitrogen and oxygen atoms in total. The zero-order chi connectivity index (χ0) is 17.4. The van der Waals surface area contributed by atoms with E-state index in [9.17, 15) is 9.59 Å². The van der Waals surface area contributed by atoms with E-state index in [4.69, 9.17) is 0 Å². The minimum absolute atomic E-state index is 0.106. The number of hydrogen-bond donors (Lipinski definition) is 0. The maximum Gasteiger partial charge on any atom is 0.270 e. The Morgan fingerprint density at radius 3 is 2.40 bits per heavy atom. The maximum absolute atomic E-state index is 13.0. The Morgan fingerprint density at radius 2 is 1.68 bits per heavy atom. The van der Waals surface area contributed by atoms with Gasteiger partial charge in [-0.25, -0.2) is 9.97 Å². The van der Waals surface area contributed by atoms with Crippen LogP contribution in [0.4, 0.5) is 0 Å². The first-order valence-electron chi connectivity index (χ1n) is 7.75. The number of Topliss-reactive ketones (excluding diaryl/α,β-unsaturated/α-hetero) is 2. The molecule has 0 unspecified atom stereocenters. The number of carbonyl (C=O) groups excluding carboxylic acids is 2. The summed E-state index contributed by atoms with van der Waals surface area (Å²) in [6, 6.07) is 14.8. The number of imidazole rings is 2. The molecule has 122 valence electrons. The lowest BCUT2D eigenvalue weighted by Crippen LogP contribution is -2.20. The van der Waals surface area contributed by atoms with Gasteiger partial charge in [-0.2, -0.15) is 0 Å². The Labute approximate surface area is 143 Å². The summed E-state index contributed by atoms with van der Waals surface area (Å²) in [6.07, 6.45) is 4.86. The van der Waals surface area contributed by atoms with Crippen LogP contribution in [0, 0.1) is 0 Å². The first-order chi connectivity index (χ1) is 12.2. The van der Waals surface area contributed by atoms with Gasteiger partial charge in [0.2, 0.25) is 0 Å². The summed E-state index contributed by atoms with van der Waals surface area (Å²) in [6.45, 7) is 0. The SMILES string of the molecule is Cn1ccnc1C(=O)C(=O)c1c(-c2ccccc2)nc2ccccn12. The summed E-state index contributed by atoms with van der Waals surface area (Å²) in [7, 11) is 1.68. The zero-order valence-corrected chi connectivity index (χ0v) is 13.5. The van der Waals surface area contributed by atoms with Gasteiger partial charge in [0.1, 0.15) is 17.0 Å². The fraction of sp³-hybridized carbons (Fsp3) is 0.0526. The van der Waals surface area contributed by atoms with Gasteiger partial charge in [-0.1, -0.05) is 36.4 Å². The average Bonchev–Trinajstić information content (AvgIpc) is 3.24. The smallest absolute Gasteiger partial charge is 0.270 e. The van der Waals surface area contributed by atoms with Crippen molar-refractivity contribution in [1.29, 1.82) is 0 Å². The van der Waals surface area contributed by atoms with Crippen LogP contribution in [0.5, 0.6) is 0 Å². The number of rotatable bonds is 4. The van der Waals surface area contributed by atoms with Crippen molar-refractivity contribution in [2.45, 2.75) is 0 Å². The number of ketones is 2. The van der Waals surface area contributed by atoms with E-state index >= 15 is 0 Å². The largest absolute Gasteiger partial charge is 0.331 e. The van der Waals surface area contributed by atoms with Crippen molar-refractivity contribution >= 4 is 17.2 Å². The number of pyridine rings is 1. The number of nitrogens with zero attached hydrogens (tertiary/aromatic N) is 4. The van der Waals surface area contributed by atoms with Crippen molar-refractivity contribution in [3.05, 3.63) is 78.6 Å². The third-order valence-corrected chi connectivity index (χ3v) is 4.02. The monoisotopic (exact) mass is 330 g/mol. The van der Waals surface area contributed by atoms with E-state index in [0.29, 0.717) is 11.3 Å². The molecular formula is C19H14N4O2. The van der Waals surface area contributed by atoms with E-state index in [1.165, 1.54) is 10.8 Å². The topological polar surface area (TPSA) is 69.3 Å². The molecule has 0 spiro atoms. The second-order valence-electron chi connectivity index (χ2n) is 5.62. The van der Waals surface area contributed by atoms with Crippen LogP contribution in [0.3, 0.4) is 0 Å². The second kappa shape index (κ2) is 5.83. The van der Waals surface area contributed by atoms with Crippen molar-refractivity contribution < 1.29 is 9.59 Å². The third kappa shape index (κ3) is 2.44. The summed E-state index contributed by atoms with van der Waals surface area (Å²) < 4.78 is 3.18. The molecule has 3 aromatic heterocycles. The molecule has 0 saturated carbocycles. The predicted molar refractivity (Wildman–Crippen MR) is 92.5 cm³/mol. The number of hydrogen-bond acceptors (Lipinski definition) is 4. The number of aryl methyl sites for hydroxylation is 1. The molecule has 0 bridgehead atoms. The normalized spacial score (nSPS) is 10.9. The Bertz CT molecular complexity index is 1090. The molecule has 0 saturated heterocycles. The molecule has 0 radical (unpaired) electrons. The van der Waals surface area contributed by atoms with Crippen molar-refractivity contribution in [3.8, 4) is 11.3 Å². The predicted octanol–water partition coefficient (Wildman–Crippen LogP) is 2.80. The first-order valence-corrected chi connectivity index (χ1v) is 7.75. The summed E-state index contributed by atoms with van der Waals surface area (Å²) in [5, 5.41) is 0. The molecule has 0 N–H and O–H groups in total. The van der Waals surface area contributed by atoms with E-state index in [-0.39, 0.29) is 11.5 Å². The second-order valence-corrected chi connectivity index (χ2v) is 5.62. The molecule has 4 rings (SSSR count). The lowest BCUT2D eigenvalue weighted by molar-refractivity contribution is 0.0806. The highest BCUT2D eigenvalue weighted by Crippen LogP contribution is 2.25. The Morgan fingerprint density at radius 1 is 0.920 bits per heavy atom. The van der Waals surface area contributed by atoms with Gasteiger partial charge in [-0.15, -0.1) is 0 Å². The Hall–Kier alpha value is -3.54. The summed E-state index contributed by atoms with van der Waals surface area (Å²) in [5.74, 6) is -1.18. The number of aromatic nitrogens is 4. The molecule has 0 aliphatic rings. The van der Waals surface area contributed by atoms with Crippen molar-refractivity contribution in [3.63, 3.8) is 0 Å². The Balaban J connectivity index is 1.92. The first kappa shape index (κ1) is 15.0. The van der Waals surface area contributed by atoms with Crippen molar-refractivity contribution in [2.24, 2.45) is 7.05 Å². The lowest BCUT2D eigenvalue weighted by Gasteiger charge is -2.04. The molecule has 0 aliphatic heterocycles. The van der Waals surface area contributed by atoms with Gasteiger partial charge < -0.3 is 4.57 Å². The molecule has 4 aromatic rings. The third-order valence-electron chi connectivity index (χ3n) is 4.02. The lowest BCUT2D eigenvalue weighted by atomic mass is 10.1. The van der Waals surface area contributed by atoms with Crippen LogP contribution in [0.1, 0.15) is 21.1 Å². The van der Waals surface area contributed by atoms with E-state index in [0.717, 1.165) is 5.56 Å². The van der Waals surface area contributed by atoms with Gasteiger partial charge in [0.15, 0.2) is 5.82 Å². The standard InChI is InChI=1S/C19H14N4O2/c1-22-12-10-20-19(22)18(25)17(24)16-15(13-7-3-2-4-8-13)21-14-9-5-6-11-23(14)16/h2-12H,1H3. The molecule has 25 heavy (non-hydrogen) atoms. The average molecular weight is 330 g/mol. The van der Waals surface area contributed by atoms with Crippen LogP contribution >= 0.6 is 0 Å². The van der Waals surface area contributed by atoms with Crippen molar-refractivity contribution in [2.75, 3.05) is 0 Å². The van der Waals surface area contributed by atoms with Crippen LogP contribution in [-0.4, -0.2) is 30.5 Å². The molecule has 0 atom stereocenters. The molecule has 1 aromatic carbocycles. The fourth-order valence-corrected chi connectivity index (χ4v) is 2.80. The minimum Gasteiger partial charge on any atom is -0.331 e. The number of carbonyl (C=O) groups is 2. The zero-order valence-electron chi connectivity index (χ0n) is 13.5. The Kier molecular flexibility index (Phi) is 3.50. The van der Waals surface area contributed by atoms with Crippen LogP contribution in [-0.2, 0) is 7.05 Å². The van der Waals surface area contributed by atoms with Gasteiger partial charge in [0.25, 0.3) is 11.6 Å². The van der Waals surface area contributed by atoms with E-state index in [2.05, 4.69) is 9.97 Å². The van der Waals surface area contributed by atoms with Gasteiger partial charge in [0.05, 0.1) is 0 Å². The van der Waals surface area contributed by atoms with Crippen LogP contribution in [0.2, 0.25) is 0 Å². The fourth-order valence-electron chi connectivity index (χ4n) is 2.80. The molecule has 6 heteroatoms. The number of fused-ring (bicyclic) bond motifs is 1. The summed E-state index contributed by atoms with van der Waals surface area (Å²) in [4.78, 5) is 34.2. The summed E-state index contributed by atoms with van der Waals surface area (Å²) in [5.41, 5.74) is 2.12. The van der Waals surface area contributed by atoms with Crippen LogP contribution < -0.4 is 0 Å². The summed E-state index contributed by atoms with van der Waals surface area (Å²) >= 11 is 0. The quantitative estimate of drug-likeness (QED) is 0.426. The van der Waals surface area contributed by atoms with E-state index in [1.807, 2.05) is 36.4 Å². The highest BCUT2D eigenvalue weighted by atomic mass is 16.2. The highest BCUT2D eigenvalue weighted by molar-refractivity contribution is 6.49. The highest BCUT2D eigenvalue weighted by Gasteiger charge is 2.28. The molecule has 3 heterocycles. The van der Waals surface area contributed by atoms with E-state index in [1.54, 1.807) is 36.0 Å². The van der Waals surface area contributed by atoms with Gasteiger partial charge in [-0.3, -0.25) is 14.0 Å². The van der Waals surface area contributed by atoms with Crippen LogP contribution in [0.25, 0.3) is 16.9 Å². The van der Waals surface area contributed by atoms with Gasteiger partial charge in [-0.05, 0) is 12.1 Å². The molecule has 0 fully saturated rings. The van der Waals surface area contributed by atoms with Gasteiger partial charge >= 0.3 is 0 Å². The maximum atomic E-state index is 13.0. The van der Waals surface area contributed by atoms with E-state index < -0.39 is 11.6 Å². The van der Waals surface area contributed by atoms with Crippen LogP contribution in [0.15, 0.2) is 67.1 Å².